The van der Waals surface area contributed by atoms with Crippen molar-refractivity contribution in [1.29, 1.82) is 0 Å². The van der Waals surface area contributed by atoms with E-state index in [2.05, 4.69) is 10.6 Å². The summed E-state index contributed by atoms with van der Waals surface area (Å²) in [4.78, 5) is 45.2. The van der Waals surface area contributed by atoms with Crippen LogP contribution in [0.4, 0.5) is 17.1 Å². The summed E-state index contributed by atoms with van der Waals surface area (Å²) >= 11 is 3.12. The number of nitrogens with zero attached hydrogens (tertiary/aromatic N) is 1. The first-order valence-electron chi connectivity index (χ1n) is 15.5. The van der Waals surface area contributed by atoms with Crippen molar-refractivity contribution in [2.24, 2.45) is 0 Å². The molecule has 7 nitrogen and oxygen atoms in total. The monoisotopic (exact) mass is 671 g/mol. The number of nitrogens with one attached hydrogen (secondary N) is 2. The van der Waals surface area contributed by atoms with Crippen molar-refractivity contribution in [3.63, 3.8) is 0 Å². The Kier molecular flexibility index (Phi) is 10.3. The van der Waals surface area contributed by atoms with Crippen LogP contribution in [-0.4, -0.2) is 29.6 Å². The molecule has 0 fully saturated rings. The van der Waals surface area contributed by atoms with Gasteiger partial charge in [0.1, 0.15) is 11.4 Å². The number of fused-ring (bicyclic) bond motifs is 2. The smallest absolute Gasteiger partial charge is 0.272 e. The molecule has 0 radical (unpaired) electrons. The summed E-state index contributed by atoms with van der Waals surface area (Å²) in [5.41, 5.74) is 3.55. The summed E-state index contributed by atoms with van der Waals surface area (Å²) in [7, 11) is 0. The minimum absolute atomic E-state index is 0.0178. The number of thioether (sulfide) groups is 1. The number of carbonyl (C=O) groups excluding carboxylic acids is 3. The minimum Gasteiger partial charge on any atom is -0.494 e. The summed E-state index contributed by atoms with van der Waals surface area (Å²) < 4.78 is 5.53. The van der Waals surface area contributed by atoms with Gasteiger partial charge in [-0.25, -0.2) is 0 Å². The highest BCUT2D eigenvalue weighted by Crippen LogP contribution is 2.48. The number of hydrogen-bond acceptors (Lipinski definition) is 6. The maximum atomic E-state index is 13.9. The van der Waals surface area contributed by atoms with Crippen LogP contribution in [0.25, 0.3) is 6.08 Å². The van der Waals surface area contributed by atoms with Gasteiger partial charge in [-0.15, -0.1) is 11.8 Å². The Labute approximate surface area is 288 Å². The summed E-state index contributed by atoms with van der Waals surface area (Å²) in [5.74, 6) is -0.174. The van der Waals surface area contributed by atoms with Crippen molar-refractivity contribution in [1.82, 2.24) is 5.32 Å². The number of para-hydroxylation sites is 2. The van der Waals surface area contributed by atoms with E-state index < -0.39 is 11.8 Å². The van der Waals surface area contributed by atoms with Gasteiger partial charge in [0.2, 0.25) is 5.91 Å². The van der Waals surface area contributed by atoms with E-state index in [1.807, 2.05) is 110 Å². The lowest BCUT2D eigenvalue weighted by Crippen LogP contribution is -2.34. The molecule has 1 aliphatic heterocycles. The number of rotatable bonds is 10. The van der Waals surface area contributed by atoms with Gasteiger partial charge >= 0.3 is 0 Å². The lowest BCUT2D eigenvalue weighted by Gasteiger charge is -2.32. The zero-order valence-electron chi connectivity index (χ0n) is 26.4. The summed E-state index contributed by atoms with van der Waals surface area (Å²) in [6.45, 7) is 4.36. The molecule has 1 heterocycles. The first-order chi connectivity index (χ1) is 23.4. The number of amides is 3. The maximum absolute atomic E-state index is 13.9. The highest BCUT2D eigenvalue weighted by atomic mass is 32.2. The quantitative estimate of drug-likeness (QED) is 0.114. The standard InChI is InChI=1S/C39H33N3O4S2/c1-3-46-30-21-17-27(18-22-30)25-32(41-37(43)28-11-5-4-6-12-28)38(44)40-29-19-23-31(24-20-29)47-26(2)39(45)42-33-13-7-9-15-35(33)48-36-16-10-8-14-34(36)42/h4-26H,3H2,1-2H3,(H,40,44)(H,41,43)/b32-25-. The summed E-state index contributed by atoms with van der Waals surface area (Å²) in [6.07, 6.45) is 1.62. The van der Waals surface area contributed by atoms with E-state index in [9.17, 15) is 14.4 Å². The molecule has 1 unspecified atom stereocenters. The second-order valence-electron chi connectivity index (χ2n) is 10.8. The second kappa shape index (κ2) is 15.1. The van der Waals surface area contributed by atoms with Gasteiger partial charge in [0.15, 0.2) is 0 Å². The predicted molar refractivity (Wildman–Crippen MR) is 194 cm³/mol. The fraction of sp³-hybridized carbons (Fsp3) is 0.103. The molecule has 1 aliphatic rings. The topological polar surface area (TPSA) is 87.7 Å². The molecule has 9 heteroatoms. The van der Waals surface area contributed by atoms with E-state index in [1.54, 1.807) is 54.2 Å². The Morgan fingerprint density at radius 1 is 0.792 bits per heavy atom. The molecule has 0 saturated heterocycles. The Hall–Kier alpha value is -5.25. The van der Waals surface area contributed by atoms with Crippen LogP contribution in [0.1, 0.15) is 29.8 Å². The molecule has 48 heavy (non-hydrogen) atoms. The fourth-order valence-corrected chi connectivity index (χ4v) is 7.10. The van der Waals surface area contributed by atoms with E-state index in [0.29, 0.717) is 23.6 Å². The number of benzene rings is 5. The van der Waals surface area contributed by atoms with Gasteiger partial charge in [0, 0.05) is 25.9 Å². The number of hydrogen-bond donors (Lipinski definition) is 2. The van der Waals surface area contributed by atoms with E-state index in [-0.39, 0.29) is 16.9 Å². The van der Waals surface area contributed by atoms with Crippen LogP contribution in [0.3, 0.4) is 0 Å². The molecule has 5 aromatic carbocycles. The highest BCUT2D eigenvalue weighted by molar-refractivity contribution is 8.00. The van der Waals surface area contributed by atoms with E-state index >= 15 is 0 Å². The van der Waals surface area contributed by atoms with Crippen LogP contribution >= 0.6 is 23.5 Å². The van der Waals surface area contributed by atoms with Gasteiger partial charge in [-0.05, 0) is 98.3 Å². The first-order valence-corrected chi connectivity index (χ1v) is 17.2. The summed E-state index contributed by atoms with van der Waals surface area (Å²) in [6, 6.07) is 39.2. The van der Waals surface area contributed by atoms with E-state index in [4.69, 9.17) is 4.74 Å². The third kappa shape index (κ3) is 7.65. The Morgan fingerprint density at radius 3 is 2.02 bits per heavy atom. The average Bonchev–Trinajstić information content (AvgIpc) is 3.12. The van der Waals surface area contributed by atoms with Gasteiger partial charge in [-0.3, -0.25) is 19.3 Å². The fourth-order valence-electron chi connectivity index (χ4n) is 5.13. The summed E-state index contributed by atoms with van der Waals surface area (Å²) in [5, 5.41) is 5.28. The SMILES string of the molecule is CCOc1ccc(/C=C(\NC(=O)c2ccccc2)C(=O)Nc2ccc(SC(C)C(=O)N3c4ccccc4Sc4ccccc43)cc2)cc1. The zero-order valence-corrected chi connectivity index (χ0v) is 28.0. The minimum atomic E-state index is -0.475. The number of ether oxygens (including phenoxy) is 1. The van der Waals surface area contributed by atoms with Gasteiger partial charge < -0.3 is 15.4 Å². The van der Waals surface area contributed by atoms with Crippen LogP contribution in [-0.2, 0) is 9.59 Å². The molecular weight excluding hydrogens is 639 g/mol. The number of anilines is 3. The lowest BCUT2D eigenvalue weighted by molar-refractivity contribution is -0.117. The molecule has 5 aromatic rings. The van der Waals surface area contributed by atoms with Crippen LogP contribution in [0.15, 0.2) is 148 Å². The molecule has 3 amide bonds. The van der Waals surface area contributed by atoms with Gasteiger partial charge in [0.05, 0.1) is 23.2 Å². The van der Waals surface area contributed by atoms with Crippen LogP contribution in [0.2, 0.25) is 0 Å². The largest absolute Gasteiger partial charge is 0.494 e. The second-order valence-corrected chi connectivity index (χ2v) is 13.3. The zero-order chi connectivity index (χ0) is 33.5. The molecule has 0 spiro atoms. The van der Waals surface area contributed by atoms with Crippen molar-refractivity contribution in [3.05, 3.63) is 144 Å². The van der Waals surface area contributed by atoms with Crippen molar-refractivity contribution in [2.75, 3.05) is 16.8 Å². The molecule has 0 aliphatic carbocycles. The predicted octanol–water partition coefficient (Wildman–Crippen LogP) is 8.81. The van der Waals surface area contributed by atoms with Gasteiger partial charge in [-0.1, -0.05) is 66.4 Å². The molecule has 0 saturated carbocycles. The highest BCUT2D eigenvalue weighted by Gasteiger charge is 2.31. The molecule has 0 bridgehead atoms. The third-order valence-corrected chi connectivity index (χ3v) is 9.69. The lowest BCUT2D eigenvalue weighted by atomic mass is 10.1. The van der Waals surface area contributed by atoms with Crippen molar-refractivity contribution in [3.8, 4) is 5.75 Å². The molecule has 240 valence electrons. The molecule has 2 N–H and O–H groups in total. The van der Waals surface area contributed by atoms with Crippen LogP contribution in [0, 0.1) is 0 Å². The van der Waals surface area contributed by atoms with Gasteiger partial charge in [-0.2, -0.15) is 0 Å². The first kappa shape index (κ1) is 32.7. The van der Waals surface area contributed by atoms with Crippen molar-refractivity contribution >= 4 is 64.4 Å². The average molecular weight is 672 g/mol. The third-order valence-electron chi connectivity index (χ3n) is 7.46. The van der Waals surface area contributed by atoms with Crippen molar-refractivity contribution in [2.45, 2.75) is 33.8 Å². The van der Waals surface area contributed by atoms with Crippen LogP contribution < -0.4 is 20.3 Å². The Bertz CT molecular complexity index is 1920. The molecule has 6 rings (SSSR count). The molecule has 0 aromatic heterocycles. The number of carbonyl (C=O) groups is 3. The maximum Gasteiger partial charge on any atom is 0.272 e. The van der Waals surface area contributed by atoms with Crippen LogP contribution in [0.5, 0.6) is 5.75 Å². The normalized spacial score (nSPS) is 12.7. The Balaban J connectivity index is 1.16. The molecular formula is C39H33N3O4S2. The van der Waals surface area contributed by atoms with Gasteiger partial charge in [0.25, 0.3) is 11.8 Å². The van der Waals surface area contributed by atoms with Crippen molar-refractivity contribution < 1.29 is 19.1 Å². The van der Waals surface area contributed by atoms with E-state index in [0.717, 1.165) is 31.6 Å². The van der Waals surface area contributed by atoms with E-state index in [1.165, 1.54) is 11.8 Å². The molecule has 1 atom stereocenters. The Morgan fingerprint density at radius 2 is 1.40 bits per heavy atom.